The lowest BCUT2D eigenvalue weighted by Crippen LogP contribution is -2.18. The number of ether oxygens (including phenoxy) is 1. The molecule has 0 spiro atoms. The van der Waals surface area contributed by atoms with Crippen LogP contribution in [0.1, 0.15) is 22.4 Å². The zero-order valence-electron chi connectivity index (χ0n) is 17.4. The van der Waals surface area contributed by atoms with Crippen LogP contribution in [0.5, 0.6) is 5.75 Å². The first kappa shape index (κ1) is 20.4. The van der Waals surface area contributed by atoms with Gasteiger partial charge in [0.05, 0.1) is 30.7 Å². The summed E-state index contributed by atoms with van der Waals surface area (Å²) in [7, 11) is -1.69. The average molecular weight is 452 g/mol. The van der Waals surface area contributed by atoms with Crippen LogP contribution in [0, 0.1) is 0 Å². The smallest absolute Gasteiger partial charge is 0.307 e. The van der Waals surface area contributed by atoms with Gasteiger partial charge >= 0.3 is 5.97 Å². The van der Waals surface area contributed by atoms with Crippen molar-refractivity contribution in [1.82, 2.24) is 9.97 Å². The van der Waals surface area contributed by atoms with Gasteiger partial charge in [-0.25, -0.2) is 18.4 Å². The van der Waals surface area contributed by atoms with Gasteiger partial charge in [-0.2, -0.15) is 0 Å². The number of sulfone groups is 1. The van der Waals surface area contributed by atoms with Gasteiger partial charge in [0, 0.05) is 23.4 Å². The van der Waals surface area contributed by atoms with Crippen molar-refractivity contribution in [3.63, 3.8) is 0 Å². The summed E-state index contributed by atoms with van der Waals surface area (Å²) >= 11 is 0. The minimum atomic E-state index is -3.28. The molecule has 0 fully saturated rings. The number of methoxy groups -OCH3 is 1. The van der Waals surface area contributed by atoms with Gasteiger partial charge in [0.15, 0.2) is 15.7 Å². The van der Waals surface area contributed by atoms with E-state index in [1.165, 1.54) is 0 Å². The lowest BCUT2D eigenvalue weighted by molar-refractivity contribution is -0.136. The molecule has 2 aromatic carbocycles. The summed E-state index contributed by atoms with van der Waals surface area (Å²) in [6, 6.07) is 12.9. The number of carboxylic acid groups (broad SMARTS) is 1. The molecule has 0 saturated heterocycles. The highest BCUT2D eigenvalue weighted by atomic mass is 32.2. The van der Waals surface area contributed by atoms with Gasteiger partial charge in [-0.3, -0.25) is 4.79 Å². The third-order valence-electron chi connectivity index (χ3n) is 5.79. The Balaban J connectivity index is 1.60. The Labute approximate surface area is 185 Å². The van der Waals surface area contributed by atoms with E-state index in [9.17, 15) is 13.2 Å². The van der Waals surface area contributed by atoms with E-state index < -0.39 is 15.8 Å². The van der Waals surface area contributed by atoms with E-state index in [0.29, 0.717) is 35.2 Å². The van der Waals surface area contributed by atoms with E-state index in [4.69, 9.17) is 14.8 Å². The van der Waals surface area contributed by atoms with E-state index in [0.717, 1.165) is 28.8 Å². The van der Waals surface area contributed by atoms with Crippen molar-refractivity contribution >= 4 is 27.3 Å². The summed E-state index contributed by atoms with van der Waals surface area (Å²) in [6.45, 7) is 0.636. The first-order valence-corrected chi connectivity index (χ1v) is 12.0. The lowest BCUT2D eigenvalue weighted by atomic mass is 10.1. The van der Waals surface area contributed by atoms with Crippen molar-refractivity contribution in [2.75, 3.05) is 18.6 Å². The van der Waals surface area contributed by atoms with Crippen LogP contribution in [0.2, 0.25) is 0 Å². The maximum absolute atomic E-state index is 12.4. The average Bonchev–Trinajstić information content (AvgIpc) is 3.31. The van der Waals surface area contributed by atoms with Crippen LogP contribution < -0.4 is 9.64 Å². The molecule has 0 aliphatic carbocycles. The molecule has 8 nitrogen and oxygen atoms in total. The lowest BCUT2D eigenvalue weighted by Gasteiger charge is -2.22. The SMILES string of the molecule is COc1ccc(-c2nc3c(c(N4CCc5cc(CC(=O)O)ccc54)n2)CS(=O)(=O)C3)cc1. The molecule has 1 N–H and O–H groups in total. The molecule has 0 radical (unpaired) electrons. The standard InChI is InChI=1S/C23H21N3O5S/c1-31-17-5-3-15(4-6-17)22-24-19-13-32(29,30)12-18(19)23(25-22)26-9-8-16-10-14(11-21(27)28)2-7-20(16)26/h2-7,10H,8-9,11-13H2,1H3,(H,27,28). The predicted molar refractivity (Wildman–Crippen MR) is 119 cm³/mol. The fourth-order valence-corrected chi connectivity index (χ4v) is 5.81. The second-order valence-corrected chi connectivity index (χ2v) is 10.1. The molecule has 2 aliphatic rings. The number of benzene rings is 2. The van der Waals surface area contributed by atoms with Crippen LogP contribution >= 0.6 is 0 Å². The Morgan fingerprint density at radius 2 is 1.91 bits per heavy atom. The Morgan fingerprint density at radius 3 is 2.62 bits per heavy atom. The molecule has 5 rings (SSSR count). The first-order valence-electron chi connectivity index (χ1n) is 10.2. The molecule has 0 saturated carbocycles. The summed E-state index contributed by atoms with van der Waals surface area (Å²) in [4.78, 5) is 22.5. The molecule has 1 aromatic heterocycles. The van der Waals surface area contributed by atoms with E-state index in [1.54, 1.807) is 13.2 Å². The highest BCUT2D eigenvalue weighted by Gasteiger charge is 2.34. The van der Waals surface area contributed by atoms with Gasteiger partial charge in [0.25, 0.3) is 0 Å². The maximum Gasteiger partial charge on any atom is 0.307 e. The van der Waals surface area contributed by atoms with E-state index in [1.807, 2.05) is 41.3 Å². The van der Waals surface area contributed by atoms with Crippen LogP contribution in [-0.4, -0.2) is 43.1 Å². The monoisotopic (exact) mass is 451 g/mol. The van der Waals surface area contributed by atoms with Crippen molar-refractivity contribution in [3.8, 4) is 17.1 Å². The summed E-state index contributed by atoms with van der Waals surface area (Å²) in [6.07, 6.45) is 0.697. The summed E-state index contributed by atoms with van der Waals surface area (Å²) in [5.41, 5.74) is 4.65. The molecule has 0 bridgehead atoms. The number of aromatic nitrogens is 2. The van der Waals surface area contributed by atoms with Crippen molar-refractivity contribution < 1.29 is 23.1 Å². The van der Waals surface area contributed by atoms with Crippen LogP contribution in [0.15, 0.2) is 42.5 Å². The third kappa shape index (κ3) is 3.69. The van der Waals surface area contributed by atoms with Gasteiger partial charge < -0.3 is 14.7 Å². The molecular weight excluding hydrogens is 430 g/mol. The van der Waals surface area contributed by atoms with E-state index in [-0.39, 0.29) is 17.9 Å². The van der Waals surface area contributed by atoms with Gasteiger partial charge in [-0.15, -0.1) is 0 Å². The second-order valence-electron chi connectivity index (χ2n) is 7.99. The van der Waals surface area contributed by atoms with Crippen molar-refractivity contribution in [3.05, 3.63) is 64.8 Å². The molecule has 0 atom stereocenters. The molecule has 3 aromatic rings. The van der Waals surface area contributed by atoms with Crippen LogP contribution in [0.25, 0.3) is 11.4 Å². The fourth-order valence-electron chi connectivity index (χ4n) is 4.32. The summed E-state index contributed by atoms with van der Waals surface area (Å²) in [5.74, 6) is 0.732. The van der Waals surface area contributed by atoms with E-state index in [2.05, 4.69) is 4.98 Å². The minimum absolute atomic E-state index is 0.0317. The molecular formula is C23H21N3O5S. The van der Waals surface area contributed by atoms with Crippen LogP contribution in [0.3, 0.4) is 0 Å². The maximum atomic E-state index is 12.4. The molecule has 9 heteroatoms. The number of fused-ring (bicyclic) bond motifs is 2. The topological polar surface area (TPSA) is 110 Å². The summed E-state index contributed by atoms with van der Waals surface area (Å²) in [5, 5.41) is 9.08. The van der Waals surface area contributed by atoms with E-state index >= 15 is 0 Å². The molecule has 164 valence electrons. The minimum Gasteiger partial charge on any atom is -0.497 e. The highest BCUT2D eigenvalue weighted by Crippen LogP contribution is 2.40. The molecule has 3 heterocycles. The number of carbonyl (C=O) groups is 1. The normalized spacial score (nSPS) is 16.0. The highest BCUT2D eigenvalue weighted by molar-refractivity contribution is 7.90. The largest absolute Gasteiger partial charge is 0.497 e. The second kappa shape index (κ2) is 7.59. The summed E-state index contributed by atoms with van der Waals surface area (Å²) < 4.78 is 30.1. The van der Waals surface area contributed by atoms with Gasteiger partial charge in [-0.05, 0) is 47.9 Å². The zero-order valence-corrected chi connectivity index (χ0v) is 18.2. The molecule has 0 unspecified atom stereocenters. The zero-order chi connectivity index (χ0) is 22.5. The van der Waals surface area contributed by atoms with Crippen LogP contribution in [0.4, 0.5) is 11.5 Å². The number of nitrogens with zero attached hydrogens (tertiary/aromatic N) is 3. The van der Waals surface area contributed by atoms with Crippen molar-refractivity contribution in [2.24, 2.45) is 0 Å². The van der Waals surface area contributed by atoms with Crippen molar-refractivity contribution in [1.29, 1.82) is 0 Å². The number of carboxylic acids is 1. The number of hydrogen-bond acceptors (Lipinski definition) is 7. The third-order valence-corrected chi connectivity index (χ3v) is 7.23. The number of rotatable bonds is 5. The van der Waals surface area contributed by atoms with Crippen LogP contribution in [-0.2, 0) is 39.0 Å². The molecule has 32 heavy (non-hydrogen) atoms. The Kier molecular flexibility index (Phi) is 4.85. The van der Waals surface area contributed by atoms with Gasteiger partial charge in [0.2, 0.25) is 0 Å². The number of anilines is 2. The Bertz CT molecular complexity index is 1340. The molecule has 2 aliphatic heterocycles. The van der Waals surface area contributed by atoms with Gasteiger partial charge in [0.1, 0.15) is 11.6 Å². The Hall–Kier alpha value is -3.46. The number of hydrogen-bond donors (Lipinski definition) is 1. The quantitative estimate of drug-likeness (QED) is 0.631. The van der Waals surface area contributed by atoms with Gasteiger partial charge in [-0.1, -0.05) is 12.1 Å². The Morgan fingerprint density at radius 1 is 1.12 bits per heavy atom. The first-order chi connectivity index (χ1) is 15.3. The van der Waals surface area contributed by atoms with Crippen molar-refractivity contribution in [2.45, 2.75) is 24.3 Å². The fraction of sp³-hybridized carbons (Fsp3) is 0.261. The number of aliphatic carboxylic acids is 1. The molecule has 0 amide bonds. The predicted octanol–water partition coefficient (Wildman–Crippen LogP) is 2.90.